The van der Waals surface area contributed by atoms with E-state index in [1.807, 2.05) is 49.4 Å². The Balaban J connectivity index is 1.28. The summed E-state index contributed by atoms with van der Waals surface area (Å²) in [5.41, 5.74) is 11.6. The second kappa shape index (κ2) is 10.3. The average Bonchev–Trinajstić information content (AvgIpc) is 3.37. The second-order valence-corrected chi connectivity index (χ2v) is 9.09. The lowest BCUT2D eigenvalue weighted by atomic mass is 10.0. The molecule has 3 aromatic heterocycles. The van der Waals surface area contributed by atoms with Crippen molar-refractivity contribution in [3.8, 4) is 22.6 Å². The number of nitrogens with zero attached hydrogens (tertiary/aromatic N) is 4. The molecule has 0 saturated carbocycles. The Morgan fingerprint density at radius 1 is 1.17 bits per heavy atom. The van der Waals surface area contributed by atoms with Crippen molar-refractivity contribution in [2.45, 2.75) is 32.2 Å². The second-order valence-electron chi connectivity index (χ2n) is 9.09. The van der Waals surface area contributed by atoms with E-state index >= 15 is 0 Å². The van der Waals surface area contributed by atoms with Crippen LogP contribution in [-0.2, 0) is 4.74 Å². The van der Waals surface area contributed by atoms with E-state index < -0.39 is 0 Å². The fourth-order valence-electron chi connectivity index (χ4n) is 4.49. The first-order chi connectivity index (χ1) is 17.1. The third kappa shape index (κ3) is 5.39. The van der Waals surface area contributed by atoms with Gasteiger partial charge in [0.05, 0.1) is 41.1 Å². The molecule has 0 aliphatic carbocycles. The highest BCUT2D eigenvalue weighted by atomic mass is 16.5. The molecule has 3 N–H and O–H groups in total. The zero-order valence-corrected chi connectivity index (χ0v) is 19.9. The highest BCUT2D eigenvalue weighted by Crippen LogP contribution is 2.30. The Morgan fingerprint density at radius 3 is 2.86 bits per heavy atom. The Morgan fingerprint density at radius 2 is 2.03 bits per heavy atom. The minimum atomic E-state index is -0.352. The van der Waals surface area contributed by atoms with E-state index in [2.05, 4.69) is 24.8 Å². The van der Waals surface area contributed by atoms with Gasteiger partial charge in [0, 0.05) is 35.4 Å². The van der Waals surface area contributed by atoms with Crippen LogP contribution in [0, 0.1) is 6.92 Å². The number of ether oxygens (including phenoxy) is 1. The van der Waals surface area contributed by atoms with Crippen LogP contribution < -0.4 is 5.73 Å². The highest BCUT2D eigenvalue weighted by molar-refractivity contribution is 5.95. The molecule has 0 amide bonds. The maximum absolute atomic E-state index is 12.6. The van der Waals surface area contributed by atoms with Gasteiger partial charge in [-0.05, 0) is 69.6 Å². The van der Waals surface area contributed by atoms with Gasteiger partial charge in [-0.15, -0.1) is 0 Å². The summed E-state index contributed by atoms with van der Waals surface area (Å²) in [6, 6.07) is 14.0. The molecule has 4 heterocycles. The number of pyridine rings is 2. The van der Waals surface area contributed by atoms with Gasteiger partial charge in [-0.1, -0.05) is 12.1 Å². The fraction of sp³-hybridized carbons (Fsp3) is 0.333. The van der Waals surface area contributed by atoms with Crippen LogP contribution in [0.5, 0.6) is 0 Å². The number of imidazole rings is 1. The van der Waals surface area contributed by atoms with Gasteiger partial charge in [0.1, 0.15) is 0 Å². The quantitative estimate of drug-likeness (QED) is 0.311. The van der Waals surface area contributed by atoms with Crippen molar-refractivity contribution in [2.24, 2.45) is 5.73 Å². The number of piperidine rings is 1. The van der Waals surface area contributed by atoms with Gasteiger partial charge in [0.25, 0.3) is 0 Å². The van der Waals surface area contributed by atoms with Gasteiger partial charge in [-0.2, -0.15) is 0 Å². The molecule has 0 unspecified atom stereocenters. The molecule has 0 atom stereocenters. The molecule has 1 fully saturated rings. The van der Waals surface area contributed by atoms with E-state index in [0.717, 1.165) is 78.1 Å². The molecule has 0 radical (unpaired) electrons. The number of carbonyl (C=O) groups is 1. The number of rotatable bonds is 7. The number of nitrogens with one attached hydrogen (secondary N) is 1. The molecule has 1 aromatic carbocycles. The summed E-state index contributed by atoms with van der Waals surface area (Å²) in [6.45, 7) is 5.31. The molecular weight excluding hydrogens is 440 g/mol. The zero-order chi connectivity index (χ0) is 24.2. The summed E-state index contributed by atoms with van der Waals surface area (Å²) < 4.78 is 5.52. The van der Waals surface area contributed by atoms with Crippen LogP contribution in [-0.4, -0.2) is 63.1 Å². The number of aromatic nitrogens is 4. The van der Waals surface area contributed by atoms with Crippen LogP contribution >= 0.6 is 0 Å². The first-order valence-corrected chi connectivity index (χ1v) is 12.1. The Kier molecular flexibility index (Phi) is 6.83. The lowest BCUT2D eigenvalue weighted by Crippen LogP contribution is -2.40. The standard InChI is InChI=1S/C27H30N6O2/c1-18-4-2-5-24(32-18)26-25(30-17-31-26)19-6-7-23-20(14-19)15-21(16-29-23)27(34)35-13-3-10-33-11-8-22(28)9-12-33/h2,4-7,14-17,22H,3,8-13,28H2,1H3,(H,30,31). The third-order valence-corrected chi connectivity index (χ3v) is 6.46. The normalized spacial score (nSPS) is 14.9. The van der Waals surface area contributed by atoms with Crippen LogP contribution in [0.1, 0.15) is 35.3 Å². The van der Waals surface area contributed by atoms with E-state index in [0.29, 0.717) is 18.2 Å². The molecule has 8 nitrogen and oxygen atoms in total. The topological polar surface area (TPSA) is 110 Å². The summed E-state index contributed by atoms with van der Waals surface area (Å²) in [7, 11) is 0. The number of carbonyl (C=O) groups excluding carboxylic acids is 1. The summed E-state index contributed by atoms with van der Waals surface area (Å²) in [6.07, 6.45) is 6.12. The van der Waals surface area contributed by atoms with Crippen LogP contribution in [0.3, 0.4) is 0 Å². The van der Waals surface area contributed by atoms with E-state index in [-0.39, 0.29) is 5.97 Å². The van der Waals surface area contributed by atoms with E-state index in [1.165, 1.54) is 0 Å². The molecule has 5 rings (SSSR count). The number of aromatic amines is 1. The largest absolute Gasteiger partial charge is 0.462 e. The van der Waals surface area contributed by atoms with E-state index in [9.17, 15) is 4.79 Å². The van der Waals surface area contributed by atoms with Gasteiger partial charge in [0.15, 0.2) is 0 Å². The lowest BCUT2D eigenvalue weighted by molar-refractivity contribution is 0.0484. The van der Waals surface area contributed by atoms with Gasteiger partial charge in [-0.3, -0.25) is 9.97 Å². The summed E-state index contributed by atoms with van der Waals surface area (Å²) in [4.78, 5) is 31.8. The molecule has 1 saturated heterocycles. The van der Waals surface area contributed by atoms with Crippen molar-refractivity contribution in [3.05, 3.63) is 66.2 Å². The number of hydrogen-bond acceptors (Lipinski definition) is 7. The first-order valence-electron chi connectivity index (χ1n) is 12.1. The molecule has 1 aliphatic rings. The Bertz CT molecular complexity index is 1330. The summed E-state index contributed by atoms with van der Waals surface area (Å²) in [5.74, 6) is -0.352. The Hall–Kier alpha value is -3.62. The molecule has 0 spiro atoms. The Labute approximate surface area is 204 Å². The van der Waals surface area contributed by atoms with Crippen LogP contribution in [0.15, 0.2) is 55.0 Å². The van der Waals surface area contributed by atoms with Crippen molar-refractivity contribution in [1.29, 1.82) is 0 Å². The van der Waals surface area contributed by atoms with Gasteiger partial charge >= 0.3 is 5.97 Å². The molecule has 8 heteroatoms. The maximum Gasteiger partial charge on any atom is 0.339 e. The number of aryl methyl sites for hydroxylation is 1. The summed E-state index contributed by atoms with van der Waals surface area (Å²) in [5, 5.41) is 0.854. The minimum absolute atomic E-state index is 0.323. The highest BCUT2D eigenvalue weighted by Gasteiger charge is 2.16. The molecule has 35 heavy (non-hydrogen) atoms. The predicted molar refractivity (Wildman–Crippen MR) is 136 cm³/mol. The number of fused-ring (bicyclic) bond motifs is 1. The SMILES string of the molecule is Cc1cccc(-c2[nH]cnc2-c2ccc3ncc(C(=O)OCCCN4CCC(N)CC4)cc3c2)n1. The number of likely N-dealkylation sites (tertiary alicyclic amines) is 1. The summed E-state index contributed by atoms with van der Waals surface area (Å²) >= 11 is 0. The molecule has 180 valence electrons. The van der Waals surface area contributed by atoms with Crippen molar-refractivity contribution < 1.29 is 9.53 Å². The third-order valence-electron chi connectivity index (χ3n) is 6.46. The van der Waals surface area contributed by atoms with Crippen molar-refractivity contribution >= 4 is 16.9 Å². The van der Waals surface area contributed by atoms with Crippen molar-refractivity contribution in [2.75, 3.05) is 26.2 Å². The minimum Gasteiger partial charge on any atom is -0.462 e. The monoisotopic (exact) mass is 470 g/mol. The van der Waals surface area contributed by atoms with E-state index in [4.69, 9.17) is 10.5 Å². The van der Waals surface area contributed by atoms with E-state index in [1.54, 1.807) is 12.5 Å². The van der Waals surface area contributed by atoms with Gasteiger partial charge in [0.2, 0.25) is 0 Å². The van der Waals surface area contributed by atoms with Gasteiger partial charge < -0.3 is 20.4 Å². The smallest absolute Gasteiger partial charge is 0.339 e. The molecule has 4 aromatic rings. The van der Waals surface area contributed by atoms with Crippen molar-refractivity contribution in [1.82, 2.24) is 24.8 Å². The van der Waals surface area contributed by atoms with Gasteiger partial charge in [-0.25, -0.2) is 9.78 Å². The molecule has 1 aliphatic heterocycles. The number of H-pyrrole nitrogens is 1. The van der Waals surface area contributed by atoms with Crippen LogP contribution in [0.25, 0.3) is 33.5 Å². The molecule has 0 bridgehead atoms. The maximum atomic E-state index is 12.6. The predicted octanol–water partition coefficient (Wildman–Crippen LogP) is 3.97. The average molecular weight is 471 g/mol. The van der Waals surface area contributed by atoms with Crippen LogP contribution in [0.4, 0.5) is 0 Å². The number of hydrogen-bond donors (Lipinski definition) is 2. The fourth-order valence-corrected chi connectivity index (χ4v) is 4.49. The first kappa shape index (κ1) is 23.1. The molecular formula is C27H30N6O2. The number of benzene rings is 1. The lowest BCUT2D eigenvalue weighted by Gasteiger charge is -2.29. The number of nitrogens with two attached hydrogens (primary N) is 1. The number of esters is 1. The van der Waals surface area contributed by atoms with Crippen LogP contribution in [0.2, 0.25) is 0 Å². The zero-order valence-electron chi connectivity index (χ0n) is 19.9. The van der Waals surface area contributed by atoms with Crippen molar-refractivity contribution in [3.63, 3.8) is 0 Å².